The van der Waals surface area contributed by atoms with Gasteiger partial charge in [0.25, 0.3) is 0 Å². The van der Waals surface area contributed by atoms with Crippen LogP contribution in [0.3, 0.4) is 0 Å². The average Bonchev–Trinajstić information content (AvgIpc) is 2.97. The van der Waals surface area contributed by atoms with Gasteiger partial charge in [0.1, 0.15) is 5.82 Å². The molecule has 1 fully saturated rings. The lowest BCUT2D eigenvalue weighted by Crippen LogP contribution is -2.45. The number of nitrogens with one attached hydrogen (secondary N) is 1. The Labute approximate surface area is 112 Å². The number of carbonyl (C=O) groups is 1. The second-order valence-corrected chi connectivity index (χ2v) is 5.54. The first kappa shape index (κ1) is 12.4. The van der Waals surface area contributed by atoms with E-state index in [0.29, 0.717) is 6.42 Å². The molecule has 0 aliphatic carbocycles. The third kappa shape index (κ3) is 2.06. The van der Waals surface area contributed by atoms with E-state index >= 15 is 0 Å². The quantitative estimate of drug-likeness (QED) is 0.912. The van der Waals surface area contributed by atoms with E-state index in [9.17, 15) is 4.79 Å². The van der Waals surface area contributed by atoms with E-state index in [0.717, 1.165) is 36.2 Å². The molecule has 0 radical (unpaired) electrons. The van der Waals surface area contributed by atoms with Gasteiger partial charge in [0, 0.05) is 7.05 Å². The van der Waals surface area contributed by atoms with Crippen molar-refractivity contribution in [3.63, 3.8) is 0 Å². The number of imidazole rings is 1. The summed E-state index contributed by atoms with van der Waals surface area (Å²) in [6.45, 7) is 2.94. The fourth-order valence-corrected chi connectivity index (χ4v) is 2.82. The van der Waals surface area contributed by atoms with Gasteiger partial charge in [-0.1, -0.05) is 12.1 Å². The Morgan fingerprint density at radius 2 is 2.26 bits per heavy atom. The highest BCUT2D eigenvalue weighted by Gasteiger charge is 2.35. The van der Waals surface area contributed by atoms with Gasteiger partial charge < -0.3 is 9.88 Å². The Hall–Kier alpha value is -1.68. The molecule has 100 valence electrons. The summed E-state index contributed by atoms with van der Waals surface area (Å²) in [5.74, 6) is 1.09. The molecule has 1 aromatic carbocycles. The molecular weight excluding hydrogens is 238 g/mol. The molecule has 1 aromatic heterocycles. The molecule has 1 aliphatic rings. The van der Waals surface area contributed by atoms with Gasteiger partial charge in [0.2, 0.25) is 0 Å². The minimum absolute atomic E-state index is 0.239. The van der Waals surface area contributed by atoms with Crippen molar-refractivity contribution in [3.8, 4) is 0 Å². The summed E-state index contributed by atoms with van der Waals surface area (Å²) in [5, 5.41) is 3.32. The molecule has 1 atom stereocenters. The maximum atomic E-state index is 12.4. The molecule has 1 unspecified atom stereocenters. The topological polar surface area (TPSA) is 46.9 Å². The lowest BCUT2D eigenvalue weighted by atomic mass is 9.92. The third-order valence-corrected chi connectivity index (χ3v) is 4.18. The van der Waals surface area contributed by atoms with Crippen LogP contribution in [0.2, 0.25) is 0 Å². The Kier molecular flexibility index (Phi) is 2.90. The van der Waals surface area contributed by atoms with Gasteiger partial charge in [-0.25, -0.2) is 4.98 Å². The van der Waals surface area contributed by atoms with Crippen LogP contribution in [0.4, 0.5) is 0 Å². The summed E-state index contributed by atoms with van der Waals surface area (Å²) >= 11 is 0. The van der Waals surface area contributed by atoms with Crippen LogP contribution >= 0.6 is 0 Å². The van der Waals surface area contributed by atoms with E-state index in [1.165, 1.54) is 0 Å². The number of nitrogens with zero attached hydrogens (tertiary/aromatic N) is 2. The Morgan fingerprint density at radius 1 is 1.47 bits per heavy atom. The largest absolute Gasteiger partial charge is 0.331 e. The number of benzene rings is 1. The van der Waals surface area contributed by atoms with Crippen LogP contribution in [0.5, 0.6) is 0 Å². The molecule has 19 heavy (non-hydrogen) atoms. The van der Waals surface area contributed by atoms with Crippen molar-refractivity contribution in [3.05, 3.63) is 30.1 Å². The number of rotatable bonds is 3. The van der Waals surface area contributed by atoms with E-state index < -0.39 is 0 Å². The maximum Gasteiger partial charge on any atom is 0.160 e. The van der Waals surface area contributed by atoms with E-state index in [1.54, 1.807) is 0 Å². The van der Waals surface area contributed by atoms with E-state index in [2.05, 4.69) is 10.3 Å². The van der Waals surface area contributed by atoms with Gasteiger partial charge >= 0.3 is 0 Å². The highest BCUT2D eigenvalue weighted by Crippen LogP contribution is 2.22. The Morgan fingerprint density at radius 3 is 2.95 bits per heavy atom. The van der Waals surface area contributed by atoms with Crippen LogP contribution in [0, 0.1) is 0 Å². The van der Waals surface area contributed by atoms with Crippen LogP contribution in [-0.4, -0.2) is 27.4 Å². The molecule has 0 saturated carbocycles. The number of Topliss-reactive ketones (excluding diaryl/α,β-unsaturated/α-hetero) is 1. The SMILES string of the molecule is Cn1c(CC(=O)C2(C)CCCN2)nc2ccccc21. The molecule has 4 nitrogen and oxygen atoms in total. The molecule has 2 heterocycles. The summed E-state index contributed by atoms with van der Waals surface area (Å²) in [6.07, 6.45) is 2.40. The van der Waals surface area contributed by atoms with Crippen molar-refractivity contribution in [1.82, 2.24) is 14.9 Å². The highest BCUT2D eigenvalue weighted by atomic mass is 16.1. The van der Waals surface area contributed by atoms with Gasteiger partial charge in [-0.05, 0) is 38.4 Å². The normalized spacial score (nSPS) is 23.1. The van der Waals surface area contributed by atoms with Crippen molar-refractivity contribution >= 4 is 16.8 Å². The molecule has 3 rings (SSSR count). The minimum Gasteiger partial charge on any atom is -0.331 e. The summed E-state index contributed by atoms with van der Waals surface area (Å²) in [7, 11) is 1.97. The Balaban J connectivity index is 1.89. The average molecular weight is 257 g/mol. The number of hydrogen-bond acceptors (Lipinski definition) is 3. The third-order valence-electron chi connectivity index (χ3n) is 4.18. The van der Waals surface area contributed by atoms with E-state index in [1.807, 2.05) is 42.8 Å². The van der Waals surface area contributed by atoms with Gasteiger partial charge in [-0.3, -0.25) is 4.79 Å². The summed E-state index contributed by atoms with van der Waals surface area (Å²) < 4.78 is 2.02. The van der Waals surface area contributed by atoms with Crippen LogP contribution in [0.25, 0.3) is 11.0 Å². The minimum atomic E-state index is -0.363. The van der Waals surface area contributed by atoms with Crippen molar-refractivity contribution in [2.24, 2.45) is 7.05 Å². The molecular formula is C15H19N3O. The van der Waals surface area contributed by atoms with Crippen molar-refractivity contribution in [2.75, 3.05) is 6.54 Å². The lowest BCUT2D eigenvalue weighted by molar-refractivity contribution is -0.123. The van der Waals surface area contributed by atoms with E-state index in [-0.39, 0.29) is 11.3 Å². The molecule has 0 amide bonds. The van der Waals surface area contributed by atoms with Crippen molar-refractivity contribution in [2.45, 2.75) is 31.7 Å². The van der Waals surface area contributed by atoms with Gasteiger partial charge in [-0.15, -0.1) is 0 Å². The predicted molar refractivity (Wildman–Crippen MR) is 75.1 cm³/mol. The number of aromatic nitrogens is 2. The molecule has 4 heteroatoms. The molecule has 1 saturated heterocycles. The van der Waals surface area contributed by atoms with Crippen LogP contribution in [0.15, 0.2) is 24.3 Å². The van der Waals surface area contributed by atoms with Crippen LogP contribution in [0.1, 0.15) is 25.6 Å². The summed E-state index contributed by atoms with van der Waals surface area (Å²) in [6, 6.07) is 7.99. The zero-order chi connectivity index (χ0) is 13.5. The molecule has 2 aromatic rings. The standard InChI is InChI=1S/C15H19N3O/c1-15(8-5-9-16-15)13(19)10-14-17-11-6-3-4-7-12(11)18(14)2/h3-4,6-7,16H,5,8-10H2,1-2H3. The first-order chi connectivity index (χ1) is 9.10. The van der Waals surface area contributed by atoms with Crippen LogP contribution in [-0.2, 0) is 18.3 Å². The molecule has 1 N–H and O–H groups in total. The smallest absolute Gasteiger partial charge is 0.160 e. The zero-order valence-corrected chi connectivity index (χ0v) is 11.4. The number of aryl methyl sites for hydroxylation is 1. The number of fused-ring (bicyclic) bond motifs is 1. The van der Waals surface area contributed by atoms with E-state index in [4.69, 9.17) is 0 Å². The maximum absolute atomic E-state index is 12.4. The fraction of sp³-hybridized carbons (Fsp3) is 0.467. The van der Waals surface area contributed by atoms with Gasteiger partial charge in [0.15, 0.2) is 5.78 Å². The lowest BCUT2D eigenvalue weighted by Gasteiger charge is -2.22. The molecule has 0 bridgehead atoms. The summed E-state index contributed by atoms with van der Waals surface area (Å²) in [5.41, 5.74) is 1.67. The van der Waals surface area contributed by atoms with Crippen molar-refractivity contribution < 1.29 is 4.79 Å². The number of carbonyl (C=O) groups excluding carboxylic acids is 1. The monoisotopic (exact) mass is 257 g/mol. The second-order valence-electron chi connectivity index (χ2n) is 5.54. The van der Waals surface area contributed by atoms with Crippen LogP contribution < -0.4 is 5.32 Å². The predicted octanol–water partition coefficient (Wildman–Crippen LogP) is 1.83. The Bertz CT molecular complexity index is 623. The highest BCUT2D eigenvalue weighted by molar-refractivity contribution is 5.90. The van der Waals surface area contributed by atoms with Gasteiger partial charge in [0.05, 0.1) is 23.0 Å². The fourth-order valence-electron chi connectivity index (χ4n) is 2.82. The second kappa shape index (κ2) is 4.46. The first-order valence-electron chi connectivity index (χ1n) is 6.79. The summed E-state index contributed by atoms with van der Waals surface area (Å²) in [4.78, 5) is 17.0. The number of hydrogen-bond donors (Lipinski definition) is 1. The molecule has 0 spiro atoms. The number of para-hydroxylation sites is 2. The zero-order valence-electron chi connectivity index (χ0n) is 11.4. The molecule has 1 aliphatic heterocycles. The van der Waals surface area contributed by atoms with Gasteiger partial charge in [-0.2, -0.15) is 0 Å². The number of ketones is 1. The first-order valence-corrected chi connectivity index (χ1v) is 6.79. The van der Waals surface area contributed by atoms with Crippen molar-refractivity contribution in [1.29, 1.82) is 0 Å².